The average Bonchev–Trinajstić information content (AvgIpc) is 3.64. The van der Waals surface area contributed by atoms with E-state index in [9.17, 15) is 0 Å². The van der Waals surface area contributed by atoms with Crippen molar-refractivity contribution < 1.29 is 0 Å². The summed E-state index contributed by atoms with van der Waals surface area (Å²) in [5, 5.41) is 2.32. The summed E-state index contributed by atoms with van der Waals surface area (Å²) in [6.07, 6.45) is 1.92. The zero-order valence-corrected chi connectivity index (χ0v) is 32.4. The van der Waals surface area contributed by atoms with Gasteiger partial charge in [0.2, 0.25) is 0 Å². The van der Waals surface area contributed by atoms with Crippen LogP contribution in [0.3, 0.4) is 0 Å². The van der Waals surface area contributed by atoms with Crippen molar-refractivity contribution in [1.29, 1.82) is 0 Å². The Morgan fingerprint density at radius 2 is 1.02 bits per heavy atom. The van der Waals surface area contributed by atoms with Crippen molar-refractivity contribution in [3.05, 3.63) is 222 Å². The van der Waals surface area contributed by atoms with Crippen LogP contribution in [0.15, 0.2) is 188 Å². The second kappa shape index (κ2) is 14.6. The summed E-state index contributed by atoms with van der Waals surface area (Å²) < 4.78 is 2.43. The molecule has 7 aromatic carbocycles. The van der Waals surface area contributed by atoms with Gasteiger partial charge in [-0.05, 0) is 80.9 Å². The number of benzene rings is 7. The maximum atomic E-state index is 5.44. The maximum Gasteiger partial charge on any atom is 0.145 e. The van der Waals surface area contributed by atoms with Crippen LogP contribution in [-0.4, -0.2) is 14.5 Å². The van der Waals surface area contributed by atoms with Gasteiger partial charge < -0.3 is 0 Å². The smallest absolute Gasteiger partial charge is 0.145 e. The lowest BCUT2D eigenvalue weighted by Crippen LogP contribution is -2.31. The fourth-order valence-electron chi connectivity index (χ4n) is 8.73. The highest BCUT2D eigenvalue weighted by Crippen LogP contribution is 2.47. The number of nitrogens with zero attached hydrogens (tertiary/aromatic N) is 3. The molecule has 0 aliphatic rings. The molecule has 0 atom stereocenters. The highest BCUT2D eigenvalue weighted by molar-refractivity contribution is 5.94. The third-order valence-corrected chi connectivity index (χ3v) is 11.3. The van der Waals surface area contributed by atoms with Crippen LogP contribution in [0.25, 0.3) is 50.1 Å². The zero-order valence-electron chi connectivity index (χ0n) is 32.4. The van der Waals surface area contributed by atoms with E-state index in [1.54, 1.807) is 0 Å². The van der Waals surface area contributed by atoms with Gasteiger partial charge >= 0.3 is 0 Å². The molecule has 3 heteroatoms. The van der Waals surface area contributed by atoms with E-state index in [1.165, 1.54) is 38.9 Å². The van der Waals surface area contributed by atoms with Gasteiger partial charge in [-0.1, -0.05) is 179 Å². The molecule has 0 unspecified atom stereocenters. The molecule has 0 fully saturated rings. The molecule has 2 heterocycles. The van der Waals surface area contributed by atoms with Crippen LogP contribution in [-0.2, 0) is 5.41 Å². The molecule has 0 saturated heterocycles. The number of hydrogen-bond acceptors (Lipinski definition) is 2. The molecule has 272 valence electrons. The predicted molar refractivity (Wildman–Crippen MR) is 234 cm³/mol. The van der Waals surface area contributed by atoms with Gasteiger partial charge in [0.05, 0.1) is 27.8 Å². The van der Waals surface area contributed by atoms with Crippen molar-refractivity contribution in [1.82, 2.24) is 14.5 Å². The number of hydrogen-bond donors (Lipinski definition) is 0. The van der Waals surface area contributed by atoms with E-state index >= 15 is 0 Å². The number of fused-ring (bicyclic) bond motifs is 2. The van der Waals surface area contributed by atoms with Crippen LogP contribution < -0.4 is 0 Å². The Kier molecular flexibility index (Phi) is 9.15. The fourth-order valence-corrected chi connectivity index (χ4v) is 8.73. The molecule has 0 bridgehead atoms. The van der Waals surface area contributed by atoms with E-state index in [2.05, 4.69) is 214 Å². The van der Waals surface area contributed by atoms with Crippen LogP contribution >= 0.6 is 0 Å². The van der Waals surface area contributed by atoms with Crippen LogP contribution in [0.2, 0.25) is 0 Å². The Morgan fingerprint density at radius 1 is 0.482 bits per heavy atom. The van der Waals surface area contributed by atoms with Gasteiger partial charge in [0.15, 0.2) is 0 Å². The molecule has 0 spiro atoms. The van der Waals surface area contributed by atoms with E-state index in [0.29, 0.717) is 11.8 Å². The van der Waals surface area contributed by atoms with Gasteiger partial charge in [-0.15, -0.1) is 0 Å². The normalized spacial score (nSPS) is 11.9. The second-order valence-corrected chi connectivity index (χ2v) is 15.4. The largest absolute Gasteiger partial charge is 0.292 e. The van der Waals surface area contributed by atoms with E-state index in [1.807, 2.05) is 6.20 Å². The SMILES string of the molecule is CC(C)c1cccc(C(C)C)c1-n1c(-c2cccc(C(c3ccccc3)(c3ccccc3)c3cccc(-c4nccc5ccccc45)c3)c2)nc2ccccc21. The van der Waals surface area contributed by atoms with Gasteiger partial charge in [-0.3, -0.25) is 9.55 Å². The van der Waals surface area contributed by atoms with Crippen molar-refractivity contribution in [3.8, 4) is 28.3 Å². The molecular formula is C53H45N3. The summed E-state index contributed by atoms with van der Waals surface area (Å²) in [5.41, 5.74) is 13.1. The van der Waals surface area contributed by atoms with Crippen LogP contribution in [0.1, 0.15) is 72.9 Å². The van der Waals surface area contributed by atoms with Gasteiger partial charge in [0.1, 0.15) is 5.82 Å². The Hall–Kier alpha value is -6.58. The molecule has 0 amide bonds. The number of rotatable bonds is 9. The molecule has 56 heavy (non-hydrogen) atoms. The number of para-hydroxylation sites is 3. The Balaban J connectivity index is 1.34. The number of pyridine rings is 1. The molecule has 9 aromatic rings. The minimum absolute atomic E-state index is 0.330. The maximum absolute atomic E-state index is 5.44. The second-order valence-electron chi connectivity index (χ2n) is 15.4. The first-order chi connectivity index (χ1) is 27.4. The lowest BCUT2D eigenvalue weighted by atomic mass is 9.64. The third-order valence-electron chi connectivity index (χ3n) is 11.3. The first-order valence-corrected chi connectivity index (χ1v) is 19.7. The summed E-state index contributed by atoms with van der Waals surface area (Å²) in [5.74, 6) is 1.60. The third kappa shape index (κ3) is 5.92. The first kappa shape index (κ1) is 35.1. The van der Waals surface area contributed by atoms with Crippen molar-refractivity contribution in [2.24, 2.45) is 0 Å². The van der Waals surface area contributed by atoms with E-state index in [0.717, 1.165) is 44.6 Å². The molecular weight excluding hydrogens is 679 g/mol. The van der Waals surface area contributed by atoms with Crippen molar-refractivity contribution in [2.75, 3.05) is 0 Å². The van der Waals surface area contributed by atoms with Gasteiger partial charge in [0, 0.05) is 22.7 Å². The fraction of sp³-hybridized carbons (Fsp3) is 0.132. The molecule has 2 aromatic heterocycles. The summed E-state index contributed by atoms with van der Waals surface area (Å²) in [6.45, 7) is 9.16. The molecule has 0 aliphatic heterocycles. The van der Waals surface area contributed by atoms with Crippen molar-refractivity contribution in [3.63, 3.8) is 0 Å². The summed E-state index contributed by atoms with van der Waals surface area (Å²) in [6, 6.07) is 66.0. The van der Waals surface area contributed by atoms with E-state index < -0.39 is 5.41 Å². The molecule has 0 saturated carbocycles. The molecule has 3 nitrogen and oxygen atoms in total. The lowest BCUT2D eigenvalue weighted by molar-refractivity contribution is 0.745. The van der Waals surface area contributed by atoms with Gasteiger partial charge in [0.25, 0.3) is 0 Å². The van der Waals surface area contributed by atoms with Crippen LogP contribution in [0, 0.1) is 0 Å². The van der Waals surface area contributed by atoms with Gasteiger partial charge in [-0.2, -0.15) is 0 Å². The van der Waals surface area contributed by atoms with Crippen LogP contribution in [0.5, 0.6) is 0 Å². The van der Waals surface area contributed by atoms with E-state index in [4.69, 9.17) is 9.97 Å². The van der Waals surface area contributed by atoms with Crippen molar-refractivity contribution >= 4 is 21.8 Å². The number of aromatic nitrogens is 3. The number of imidazole rings is 1. The highest BCUT2D eigenvalue weighted by atomic mass is 15.1. The first-order valence-electron chi connectivity index (χ1n) is 19.7. The minimum atomic E-state index is -0.672. The molecule has 0 N–H and O–H groups in total. The minimum Gasteiger partial charge on any atom is -0.292 e. The summed E-state index contributed by atoms with van der Waals surface area (Å²) in [7, 11) is 0. The summed E-state index contributed by atoms with van der Waals surface area (Å²) >= 11 is 0. The Morgan fingerprint density at radius 3 is 1.68 bits per heavy atom. The standard InChI is InChI=1S/C53H45N3/c1-36(2)45-28-17-29-46(37(3)4)51(45)56-49-31-14-13-30-48(49)55-52(56)40-20-16-26-44(35-40)53(41-21-7-5-8-22-41,42-23-9-6-10-24-42)43-25-15-19-39(34-43)50-47-27-12-11-18-38(47)32-33-54-50/h5-37H,1-4H3. The van der Waals surface area contributed by atoms with Gasteiger partial charge in [-0.25, -0.2) is 4.98 Å². The average molecular weight is 724 g/mol. The Labute approximate surface area is 330 Å². The van der Waals surface area contributed by atoms with Crippen molar-refractivity contribution in [2.45, 2.75) is 44.9 Å². The zero-order chi connectivity index (χ0) is 38.2. The van der Waals surface area contributed by atoms with E-state index in [-0.39, 0.29) is 0 Å². The summed E-state index contributed by atoms with van der Waals surface area (Å²) in [4.78, 5) is 10.4. The highest BCUT2D eigenvalue weighted by Gasteiger charge is 2.39. The lowest BCUT2D eigenvalue weighted by Gasteiger charge is -2.37. The Bertz CT molecular complexity index is 2740. The molecule has 0 aliphatic carbocycles. The molecule has 9 rings (SSSR count). The quantitative estimate of drug-likeness (QED) is 0.139. The topological polar surface area (TPSA) is 30.7 Å². The molecule has 0 radical (unpaired) electrons. The van der Waals surface area contributed by atoms with Crippen LogP contribution in [0.4, 0.5) is 0 Å². The monoisotopic (exact) mass is 723 g/mol. The predicted octanol–water partition coefficient (Wildman–Crippen LogP) is 13.5.